The smallest absolute Gasteiger partial charge is 0.331 e. The Balaban J connectivity index is 2.56. The number of H-pyrrole nitrogens is 1. The minimum atomic E-state index is -0.576. The number of aromatic nitrogens is 2. The molecule has 0 aliphatic heterocycles. The molecule has 0 bridgehead atoms. The normalized spacial score (nSPS) is 10.9. The topological polar surface area (TPSA) is 75.1 Å². The number of aromatic amines is 1. The molecular weight excluding hydrogens is 256 g/mol. The summed E-state index contributed by atoms with van der Waals surface area (Å²) in [6.45, 7) is 4.44. The van der Waals surface area contributed by atoms with Crippen LogP contribution in [0, 0.1) is 5.92 Å². The second-order valence-electron chi connectivity index (χ2n) is 5.16. The molecule has 2 N–H and O–H groups in total. The summed E-state index contributed by atoms with van der Waals surface area (Å²) in [6, 6.07) is 8.82. The molecule has 1 aromatic heterocycles. The van der Waals surface area contributed by atoms with Crippen LogP contribution in [0.2, 0.25) is 0 Å². The van der Waals surface area contributed by atoms with Crippen molar-refractivity contribution >= 4 is 0 Å². The number of benzene rings is 1. The fourth-order valence-electron chi connectivity index (χ4n) is 2.02. The van der Waals surface area contributed by atoms with Crippen molar-refractivity contribution in [3.8, 4) is 17.0 Å². The van der Waals surface area contributed by atoms with Crippen molar-refractivity contribution in [3.05, 3.63) is 51.2 Å². The van der Waals surface area contributed by atoms with Crippen LogP contribution in [0.15, 0.2) is 39.9 Å². The van der Waals surface area contributed by atoms with Crippen molar-refractivity contribution in [1.29, 1.82) is 0 Å². The molecule has 0 saturated carbocycles. The molecule has 0 saturated heterocycles. The Morgan fingerprint density at radius 2 is 1.85 bits per heavy atom. The molecule has 0 aliphatic rings. The fraction of sp³-hybridized carbons (Fsp3) is 0.333. The van der Waals surface area contributed by atoms with E-state index in [1.54, 1.807) is 24.3 Å². The first-order valence-electron chi connectivity index (χ1n) is 6.62. The van der Waals surface area contributed by atoms with Crippen molar-refractivity contribution in [3.63, 3.8) is 0 Å². The van der Waals surface area contributed by atoms with Crippen LogP contribution in [0.1, 0.15) is 20.3 Å². The van der Waals surface area contributed by atoms with Gasteiger partial charge >= 0.3 is 5.69 Å². The van der Waals surface area contributed by atoms with Crippen molar-refractivity contribution in [2.24, 2.45) is 5.92 Å². The van der Waals surface area contributed by atoms with Gasteiger partial charge in [0, 0.05) is 6.54 Å². The lowest BCUT2D eigenvalue weighted by atomic mass is 10.1. The summed E-state index contributed by atoms with van der Waals surface area (Å²) in [5.74, 6) is 0.124. The van der Waals surface area contributed by atoms with E-state index in [2.05, 4.69) is 4.98 Å². The minimum absolute atomic E-state index is 0.133. The number of hydrogen-bond acceptors (Lipinski definition) is 3. The lowest BCUT2D eigenvalue weighted by Crippen LogP contribution is -2.31. The number of aromatic hydroxyl groups is 1. The minimum Gasteiger partial charge on any atom is -0.494 e. The van der Waals surface area contributed by atoms with Crippen LogP contribution in [0.25, 0.3) is 11.1 Å². The van der Waals surface area contributed by atoms with Crippen molar-refractivity contribution in [2.75, 3.05) is 0 Å². The highest BCUT2D eigenvalue weighted by Crippen LogP contribution is 2.23. The second kappa shape index (κ2) is 5.77. The van der Waals surface area contributed by atoms with Gasteiger partial charge in [-0.1, -0.05) is 44.2 Å². The highest BCUT2D eigenvalue weighted by Gasteiger charge is 2.15. The van der Waals surface area contributed by atoms with Crippen LogP contribution in [0.5, 0.6) is 5.88 Å². The van der Waals surface area contributed by atoms with E-state index in [4.69, 9.17) is 0 Å². The number of rotatable bonds is 4. The number of nitrogens with zero attached hydrogens (tertiary/aromatic N) is 1. The summed E-state index contributed by atoms with van der Waals surface area (Å²) in [4.78, 5) is 26.0. The Bertz CT molecular complexity index is 699. The first-order valence-corrected chi connectivity index (χ1v) is 6.62. The molecule has 5 heteroatoms. The third kappa shape index (κ3) is 2.82. The quantitative estimate of drug-likeness (QED) is 0.894. The Morgan fingerprint density at radius 3 is 2.45 bits per heavy atom. The van der Waals surface area contributed by atoms with Crippen LogP contribution in [0.3, 0.4) is 0 Å². The van der Waals surface area contributed by atoms with Crippen molar-refractivity contribution in [1.82, 2.24) is 9.55 Å². The maximum Gasteiger partial charge on any atom is 0.331 e. The fourth-order valence-corrected chi connectivity index (χ4v) is 2.02. The SMILES string of the molecule is CC(C)CCn1c(O)c(-c2ccccc2)c(=O)[nH]c1=O. The van der Waals surface area contributed by atoms with E-state index in [-0.39, 0.29) is 11.4 Å². The Labute approximate surface area is 116 Å². The van der Waals surface area contributed by atoms with Gasteiger partial charge in [-0.15, -0.1) is 0 Å². The average Bonchev–Trinajstić information content (AvgIpc) is 2.38. The van der Waals surface area contributed by atoms with Crippen LogP contribution in [0.4, 0.5) is 0 Å². The Morgan fingerprint density at radius 1 is 1.20 bits per heavy atom. The van der Waals surface area contributed by atoms with E-state index in [1.165, 1.54) is 4.57 Å². The van der Waals surface area contributed by atoms with E-state index < -0.39 is 11.2 Å². The summed E-state index contributed by atoms with van der Waals surface area (Å²) >= 11 is 0. The summed E-state index contributed by atoms with van der Waals surface area (Å²) in [7, 11) is 0. The highest BCUT2D eigenvalue weighted by atomic mass is 16.3. The second-order valence-corrected chi connectivity index (χ2v) is 5.16. The number of nitrogens with one attached hydrogen (secondary N) is 1. The van der Waals surface area contributed by atoms with Gasteiger partial charge in [0.15, 0.2) is 0 Å². The average molecular weight is 274 g/mol. The molecular formula is C15H18N2O3. The van der Waals surface area contributed by atoms with Gasteiger partial charge in [-0.05, 0) is 17.9 Å². The molecule has 20 heavy (non-hydrogen) atoms. The Hall–Kier alpha value is -2.30. The van der Waals surface area contributed by atoms with Crippen LogP contribution in [-0.2, 0) is 6.54 Å². The maximum atomic E-state index is 11.9. The molecule has 0 aliphatic carbocycles. The van der Waals surface area contributed by atoms with E-state index in [9.17, 15) is 14.7 Å². The summed E-state index contributed by atoms with van der Waals surface area (Å²) in [6.07, 6.45) is 0.744. The van der Waals surface area contributed by atoms with Gasteiger partial charge in [0.2, 0.25) is 5.88 Å². The van der Waals surface area contributed by atoms with Gasteiger partial charge in [-0.3, -0.25) is 14.3 Å². The van der Waals surface area contributed by atoms with Gasteiger partial charge in [0.1, 0.15) is 5.56 Å². The van der Waals surface area contributed by atoms with Crippen molar-refractivity contribution in [2.45, 2.75) is 26.8 Å². The van der Waals surface area contributed by atoms with E-state index in [0.29, 0.717) is 18.0 Å². The summed E-state index contributed by atoms with van der Waals surface area (Å²) < 4.78 is 1.21. The molecule has 5 nitrogen and oxygen atoms in total. The lowest BCUT2D eigenvalue weighted by molar-refractivity contribution is 0.386. The monoisotopic (exact) mass is 274 g/mol. The molecule has 0 spiro atoms. The third-order valence-electron chi connectivity index (χ3n) is 3.16. The van der Waals surface area contributed by atoms with Gasteiger partial charge in [0.25, 0.3) is 5.56 Å². The first-order chi connectivity index (χ1) is 9.50. The molecule has 106 valence electrons. The number of hydrogen-bond donors (Lipinski definition) is 2. The first kappa shape index (κ1) is 14.1. The predicted molar refractivity (Wildman–Crippen MR) is 77.9 cm³/mol. The van der Waals surface area contributed by atoms with Crippen LogP contribution in [-0.4, -0.2) is 14.7 Å². The summed E-state index contributed by atoms with van der Waals surface area (Å²) in [5.41, 5.74) is -0.425. The zero-order chi connectivity index (χ0) is 14.7. The van der Waals surface area contributed by atoms with Gasteiger partial charge in [0.05, 0.1) is 0 Å². The van der Waals surface area contributed by atoms with E-state index >= 15 is 0 Å². The Kier molecular flexibility index (Phi) is 4.08. The van der Waals surface area contributed by atoms with E-state index in [1.807, 2.05) is 19.9 Å². The van der Waals surface area contributed by atoms with Crippen LogP contribution >= 0.6 is 0 Å². The lowest BCUT2D eigenvalue weighted by Gasteiger charge is -2.12. The molecule has 0 unspecified atom stereocenters. The van der Waals surface area contributed by atoms with Crippen LogP contribution < -0.4 is 11.2 Å². The zero-order valence-electron chi connectivity index (χ0n) is 11.6. The molecule has 0 amide bonds. The molecule has 2 aromatic rings. The molecule has 0 radical (unpaired) electrons. The van der Waals surface area contributed by atoms with Gasteiger partial charge in [-0.2, -0.15) is 0 Å². The van der Waals surface area contributed by atoms with Gasteiger partial charge in [-0.25, -0.2) is 4.79 Å². The molecule has 0 fully saturated rings. The standard InChI is InChI=1S/C15H18N2O3/c1-10(2)8-9-17-14(19)12(13(18)16-15(17)20)11-6-4-3-5-7-11/h3-7,10,19H,8-9H2,1-2H3,(H,16,18,20). The van der Waals surface area contributed by atoms with E-state index in [0.717, 1.165) is 6.42 Å². The molecule has 2 rings (SSSR count). The predicted octanol–water partition coefficient (Wildman–Crippen LogP) is 1.96. The molecule has 1 heterocycles. The molecule has 1 aromatic carbocycles. The molecule has 0 atom stereocenters. The third-order valence-corrected chi connectivity index (χ3v) is 3.16. The maximum absolute atomic E-state index is 11.9. The summed E-state index contributed by atoms with van der Waals surface area (Å²) in [5, 5.41) is 10.3. The zero-order valence-corrected chi connectivity index (χ0v) is 11.6. The largest absolute Gasteiger partial charge is 0.494 e. The van der Waals surface area contributed by atoms with Crippen molar-refractivity contribution < 1.29 is 5.11 Å². The van der Waals surface area contributed by atoms with Gasteiger partial charge < -0.3 is 5.11 Å². The highest BCUT2D eigenvalue weighted by molar-refractivity contribution is 5.67.